The van der Waals surface area contributed by atoms with Gasteiger partial charge in [-0.2, -0.15) is 5.10 Å². The van der Waals surface area contributed by atoms with E-state index in [0.717, 1.165) is 37.9 Å². The van der Waals surface area contributed by atoms with Crippen molar-refractivity contribution in [2.45, 2.75) is 38.6 Å². The molecule has 1 aliphatic heterocycles. The molecule has 0 radical (unpaired) electrons. The lowest BCUT2D eigenvalue weighted by Gasteiger charge is -2.25. The highest BCUT2D eigenvalue weighted by Gasteiger charge is 2.32. The number of amides is 1. The quantitative estimate of drug-likeness (QED) is 0.764. The van der Waals surface area contributed by atoms with Gasteiger partial charge in [0.05, 0.1) is 6.04 Å². The number of nitrogens with one attached hydrogen (secondary N) is 1. The molecule has 1 amide bonds. The number of hydrogen-bond acceptors (Lipinski definition) is 2. The standard InChI is InChI=1S/C21H23N3O/c1-2-7-16-14-19(23-22-16)21(25)24-13-6-12-20(24)18-11-5-9-15-8-3-4-10-17(15)18/h3-5,8-11,14,20H,2,6-7,12-13H2,1H3,(H,22,23). The van der Waals surface area contributed by atoms with E-state index in [9.17, 15) is 4.79 Å². The number of rotatable bonds is 4. The minimum atomic E-state index is 0.0361. The molecule has 0 bridgehead atoms. The zero-order valence-corrected chi connectivity index (χ0v) is 14.5. The normalized spacial score (nSPS) is 17.3. The van der Waals surface area contributed by atoms with Crippen LogP contribution < -0.4 is 0 Å². The molecule has 3 aromatic rings. The summed E-state index contributed by atoms with van der Waals surface area (Å²) in [6.07, 6.45) is 4.00. The minimum Gasteiger partial charge on any atom is -0.330 e. The Morgan fingerprint density at radius 3 is 2.96 bits per heavy atom. The van der Waals surface area contributed by atoms with Gasteiger partial charge >= 0.3 is 0 Å². The highest BCUT2D eigenvalue weighted by atomic mass is 16.2. The maximum atomic E-state index is 13.0. The molecule has 4 nitrogen and oxygen atoms in total. The monoisotopic (exact) mass is 333 g/mol. The largest absolute Gasteiger partial charge is 0.330 e. The lowest BCUT2D eigenvalue weighted by molar-refractivity contribution is 0.0730. The third kappa shape index (κ3) is 2.93. The van der Waals surface area contributed by atoms with E-state index < -0.39 is 0 Å². The Hall–Kier alpha value is -2.62. The van der Waals surface area contributed by atoms with Gasteiger partial charge in [0.15, 0.2) is 0 Å². The Morgan fingerprint density at radius 1 is 1.24 bits per heavy atom. The van der Waals surface area contributed by atoms with Crippen molar-refractivity contribution >= 4 is 16.7 Å². The van der Waals surface area contributed by atoms with Gasteiger partial charge in [0, 0.05) is 12.2 Å². The molecule has 4 rings (SSSR count). The number of aromatic nitrogens is 2. The molecule has 1 aromatic heterocycles. The van der Waals surface area contributed by atoms with Crippen LogP contribution in [0.1, 0.15) is 54.0 Å². The number of fused-ring (bicyclic) bond motifs is 1. The highest BCUT2D eigenvalue weighted by molar-refractivity contribution is 5.94. The van der Waals surface area contributed by atoms with E-state index in [1.165, 1.54) is 16.3 Å². The van der Waals surface area contributed by atoms with Gasteiger partial charge < -0.3 is 4.90 Å². The number of benzene rings is 2. The summed E-state index contributed by atoms with van der Waals surface area (Å²) in [6.45, 7) is 2.92. The lowest BCUT2D eigenvalue weighted by Crippen LogP contribution is -2.31. The number of aryl methyl sites for hydroxylation is 1. The molecule has 25 heavy (non-hydrogen) atoms. The van der Waals surface area contributed by atoms with E-state index in [1.54, 1.807) is 0 Å². The van der Waals surface area contributed by atoms with Crippen molar-refractivity contribution in [1.82, 2.24) is 15.1 Å². The Balaban J connectivity index is 1.66. The summed E-state index contributed by atoms with van der Waals surface area (Å²) >= 11 is 0. The first-order valence-electron chi connectivity index (χ1n) is 9.11. The number of aromatic amines is 1. The molecule has 1 unspecified atom stereocenters. The summed E-state index contributed by atoms with van der Waals surface area (Å²) in [5.41, 5.74) is 2.82. The molecular formula is C21H23N3O. The van der Waals surface area contributed by atoms with E-state index >= 15 is 0 Å². The maximum Gasteiger partial charge on any atom is 0.274 e. The van der Waals surface area contributed by atoms with Gasteiger partial charge in [-0.3, -0.25) is 9.89 Å². The van der Waals surface area contributed by atoms with Gasteiger partial charge in [-0.25, -0.2) is 0 Å². The molecule has 1 N–H and O–H groups in total. The number of carbonyl (C=O) groups excluding carboxylic acids is 1. The Labute approximate surface area is 147 Å². The smallest absolute Gasteiger partial charge is 0.274 e. The van der Waals surface area contributed by atoms with E-state index in [1.807, 2.05) is 11.0 Å². The average molecular weight is 333 g/mol. The molecule has 128 valence electrons. The van der Waals surface area contributed by atoms with Gasteiger partial charge in [0.2, 0.25) is 0 Å². The van der Waals surface area contributed by atoms with Crippen LogP contribution in [0.5, 0.6) is 0 Å². The van der Waals surface area contributed by atoms with E-state index in [-0.39, 0.29) is 11.9 Å². The Kier molecular flexibility index (Phi) is 4.26. The van der Waals surface area contributed by atoms with Gasteiger partial charge in [-0.05, 0) is 41.7 Å². The zero-order chi connectivity index (χ0) is 17.2. The number of nitrogens with zero attached hydrogens (tertiary/aromatic N) is 2. The number of likely N-dealkylation sites (tertiary alicyclic amines) is 1. The third-order valence-corrected chi connectivity index (χ3v) is 5.07. The summed E-state index contributed by atoms with van der Waals surface area (Å²) in [5.74, 6) is 0.0361. The van der Waals surface area contributed by atoms with Crippen LogP contribution in [0.15, 0.2) is 48.5 Å². The van der Waals surface area contributed by atoms with Crippen molar-refractivity contribution in [3.63, 3.8) is 0 Å². The summed E-state index contributed by atoms with van der Waals surface area (Å²) in [5, 5.41) is 9.72. The van der Waals surface area contributed by atoms with Crippen LogP contribution in [-0.4, -0.2) is 27.5 Å². The molecule has 0 saturated carbocycles. The molecule has 2 heterocycles. The van der Waals surface area contributed by atoms with Crippen molar-refractivity contribution in [2.75, 3.05) is 6.54 Å². The van der Waals surface area contributed by atoms with Gasteiger partial charge in [0.1, 0.15) is 5.69 Å². The number of carbonyl (C=O) groups is 1. The first-order valence-corrected chi connectivity index (χ1v) is 9.11. The molecule has 1 fully saturated rings. The van der Waals surface area contributed by atoms with Crippen molar-refractivity contribution < 1.29 is 4.79 Å². The number of H-pyrrole nitrogens is 1. The second-order valence-corrected chi connectivity index (χ2v) is 6.75. The van der Waals surface area contributed by atoms with Gasteiger partial charge in [-0.15, -0.1) is 0 Å². The minimum absolute atomic E-state index is 0.0361. The highest BCUT2D eigenvalue weighted by Crippen LogP contribution is 2.36. The molecule has 1 saturated heterocycles. The molecule has 1 atom stereocenters. The Morgan fingerprint density at radius 2 is 2.08 bits per heavy atom. The van der Waals surface area contributed by atoms with Gasteiger partial charge in [-0.1, -0.05) is 55.8 Å². The Bertz CT molecular complexity index is 894. The first kappa shape index (κ1) is 15.9. The van der Waals surface area contributed by atoms with Crippen LogP contribution in [0.25, 0.3) is 10.8 Å². The summed E-state index contributed by atoms with van der Waals surface area (Å²) in [6, 6.07) is 16.8. The second kappa shape index (κ2) is 6.71. The molecule has 4 heteroatoms. The van der Waals surface area contributed by atoms with Crippen LogP contribution in [0, 0.1) is 0 Å². The molecule has 1 aliphatic rings. The van der Waals surface area contributed by atoms with E-state index in [0.29, 0.717) is 5.69 Å². The van der Waals surface area contributed by atoms with Crippen LogP contribution in [0.4, 0.5) is 0 Å². The topological polar surface area (TPSA) is 49.0 Å². The van der Waals surface area contributed by atoms with Crippen molar-refractivity contribution in [2.24, 2.45) is 0 Å². The predicted octanol–water partition coefficient (Wildman–Crippen LogP) is 4.49. The predicted molar refractivity (Wildman–Crippen MR) is 99.5 cm³/mol. The maximum absolute atomic E-state index is 13.0. The van der Waals surface area contributed by atoms with Crippen LogP contribution in [0.2, 0.25) is 0 Å². The van der Waals surface area contributed by atoms with Crippen LogP contribution in [-0.2, 0) is 6.42 Å². The second-order valence-electron chi connectivity index (χ2n) is 6.75. The SMILES string of the molecule is CCCc1cc(C(=O)N2CCCC2c2cccc3ccccc23)n[nH]1. The fourth-order valence-electron chi connectivity index (χ4n) is 3.89. The average Bonchev–Trinajstić information content (AvgIpc) is 3.30. The van der Waals surface area contributed by atoms with Crippen LogP contribution in [0.3, 0.4) is 0 Å². The molecule has 2 aromatic carbocycles. The number of hydrogen-bond donors (Lipinski definition) is 1. The van der Waals surface area contributed by atoms with Crippen LogP contribution >= 0.6 is 0 Å². The van der Waals surface area contributed by atoms with E-state index in [4.69, 9.17) is 0 Å². The third-order valence-electron chi connectivity index (χ3n) is 5.07. The van der Waals surface area contributed by atoms with E-state index in [2.05, 4.69) is 59.6 Å². The fourth-order valence-corrected chi connectivity index (χ4v) is 3.89. The first-order chi connectivity index (χ1) is 12.3. The molecular weight excluding hydrogens is 310 g/mol. The van der Waals surface area contributed by atoms with Crippen molar-refractivity contribution in [3.8, 4) is 0 Å². The lowest BCUT2D eigenvalue weighted by atomic mass is 9.97. The zero-order valence-electron chi connectivity index (χ0n) is 14.5. The molecule has 0 spiro atoms. The van der Waals surface area contributed by atoms with Crippen molar-refractivity contribution in [1.29, 1.82) is 0 Å². The van der Waals surface area contributed by atoms with Gasteiger partial charge in [0.25, 0.3) is 5.91 Å². The summed E-state index contributed by atoms with van der Waals surface area (Å²) in [7, 11) is 0. The fraction of sp³-hybridized carbons (Fsp3) is 0.333. The molecule has 0 aliphatic carbocycles. The van der Waals surface area contributed by atoms with Crippen molar-refractivity contribution in [3.05, 3.63) is 65.5 Å². The summed E-state index contributed by atoms with van der Waals surface area (Å²) < 4.78 is 0. The summed E-state index contributed by atoms with van der Waals surface area (Å²) in [4.78, 5) is 15.0.